The molecule has 2 aromatic carbocycles. The molecule has 2 rings (SSSR count). The van der Waals surface area contributed by atoms with Gasteiger partial charge in [-0.05, 0) is 29.8 Å². The van der Waals surface area contributed by atoms with Crippen LogP contribution in [0.4, 0.5) is 8.78 Å². The predicted octanol–water partition coefficient (Wildman–Crippen LogP) is 4.78. The molecule has 0 aliphatic rings. The predicted molar refractivity (Wildman–Crippen MR) is 70.7 cm³/mol. The zero-order chi connectivity index (χ0) is 14.0. The van der Waals surface area contributed by atoms with Crippen molar-refractivity contribution >= 4 is 29.0 Å². The first-order valence-electron chi connectivity index (χ1n) is 5.38. The minimum Gasteiger partial charge on any atom is -0.292 e. The molecule has 0 spiro atoms. The van der Waals surface area contributed by atoms with E-state index >= 15 is 0 Å². The Hall–Kier alpha value is -1.45. The SMILES string of the molecule is O=C(c1c(F)cccc1Cl)C(Cl)c1ccc(F)cc1. The first-order valence-corrected chi connectivity index (χ1v) is 6.20. The van der Waals surface area contributed by atoms with E-state index in [1.807, 2.05) is 0 Å². The van der Waals surface area contributed by atoms with Crippen LogP contribution >= 0.6 is 23.2 Å². The summed E-state index contributed by atoms with van der Waals surface area (Å²) >= 11 is 11.8. The minimum atomic E-state index is -1.12. The summed E-state index contributed by atoms with van der Waals surface area (Å²) in [5.41, 5.74) is 0.126. The molecule has 5 heteroatoms. The van der Waals surface area contributed by atoms with Gasteiger partial charge in [-0.1, -0.05) is 29.8 Å². The van der Waals surface area contributed by atoms with Crippen LogP contribution in [0.2, 0.25) is 5.02 Å². The number of hydrogen-bond acceptors (Lipinski definition) is 1. The zero-order valence-electron chi connectivity index (χ0n) is 9.54. The van der Waals surface area contributed by atoms with E-state index in [0.29, 0.717) is 5.56 Å². The van der Waals surface area contributed by atoms with Crippen molar-refractivity contribution < 1.29 is 13.6 Å². The average molecular weight is 301 g/mol. The van der Waals surface area contributed by atoms with Crippen molar-refractivity contribution in [2.45, 2.75) is 5.38 Å². The highest BCUT2D eigenvalue weighted by atomic mass is 35.5. The monoisotopic (exact) mass is 300 g/mol. The lowest BCUT2D eigenvalue weighted by atomic mass is 10.0. The lowest BCUT2D eigenvalue weighted by molar-refractivity contribution is 0.0983. The van der Waals surface area contributed by atoms with Gasteiger partial charge in [0.15, 0.2) is 5.78 Å². The van der Waals surface area contributed by atoms with E-state index in [-0.39, 0.29) is 10.6 Å². The second kappa shape index (κ2) is 5.68. The molecule has 0 saturated heterocycles. The Morgan fingerprint density at radius 3 is 2.26 bits per heavy atom. The standard InChI is InChI=1S/C14H8Cl2F2O/c15-10-2-1-3-11(18)12(10)14(19)13(16)8-4-6-9(17)7-5-8/h1-7,13H. The molecule has 0 bridgehead atoms. The maximum Gasteiger partial charge on any atom is 0.189 e. The summed E-state index contributed by atoms with van der Waals surface area (Å²) in [5.74, 6) is -1.83. The number of alkyl halides is 1. The number of ketones is 1. The Kier molecular flexibility index (Phi) is 4.17. The smallest absolute Gasteiger partial charge is 0.189 e. The molecular weight excluding hydrogens is 293 g/mol. The van der Waals surface area contributed by atoms with Crippen molar-refractivity contribution in [3.8, 4) is 0 Å². The fraction of sp³-hybridized carbons (Fsp3) is 0.0714. The fourth-order valence-corrected chi connectivity index (χ4v) is 2.15. The molecule has 0 aliphatic carbocycles. The van der Waals surface area contributed by atoms with Gasteiger partial charge < -0.3 is 0 Å². The molecule has 19 heavy (non-hydrogen) atoms. The molecule has 0 saturated carbocycles. The number of carbonyl (C=O) groups is 1. The number of hydrogen-bond donors (Lipinski definition) is 0. The van der Waals surface area contributed by atoms with Crippen molar-refractivity contribution in [2.24, 2.45) is 0 Å². The Balaban J connectivity index is 2.36. The molecule has 98 valence electrons. The summed E-state index contributed by atoms with van der Waals surface area (Å²) in [6.07, 6.45) is 0. The molecule has 1 nitrogen and oxygen atoms in total. The van der Waals surface area contributed by atoms with Gasteiger partial charge in [0.25, 0.3) is 0 Å². The Morgan fingerprint density at radius 1 is 1.05 bits per heavy atom. The molecule has 2 aromatic rings. The van der Waals surface area contributed by atoms with E-state index in [1.54, 1.807) is 0 Å². The number of carbonyl (C=O) groups excluding carboxylic acids is 1. The topological polar surface area (TPSA) is 17.1 Å². The highest BCUT2D eigenvalue weighted by molar-refractivity contribution is 6.38. The number of Topliss-reactive ketones (excluding diaryl/α,β-unsaturated/α-hetero) is 1. The molecule has 0 heterocycles. The third kappa shape index (κ3) is 2.94. The molecule has 0 aromatic heterocycles. The molecule has 0 N–H and O–H groups in total. The zero-order valence-corrected chi connectivity index (χ0v) is 11.1. The van der Waals surface area contributed by atoms with Gasteiger partial charge >= 0.3 is 0 Å². The van der Waals surface area contributed by atoms with Crippen LogP contribution in [0.1, 0.15) is 21.3 Å². The normalized spacial score (nSPS) is 12.2. The van der Waals surface area contributed by atoms with Gasteiger partial charge in [0.05, 0.1) is 10.6 Å². The molecule has 0 radical (unpaired) electrons. The number of halogens is 4. The number of rotatable bonds is 3. The summed E-state index contributed by atoms with van der Waals surface area (Å²) in [7, 11) is 0. The maximum absolute atomic E-state index is 13.6. The van der Waals surface area contributed by atoms with Crippen LogP contribution in [0.25, 0.3) is 0 Å². The molecule has 1 unspecified atom stereocenters. The van der Waals surface area contributed by atoms with Gasteiger partial charge in [0.1, 0.15) is 17.0 Å². The largest absolute Gasteiger partial charge is 0.292 e. The maximum atomic E-state index is 13.6. The van der Waals surface area contributed by atoms with E-state index in [2.05, 4.69) is 0 Å². The Bertz CT molecular complexity index is 591. The second-order valence-electron chi connectivity index (χ2n) is 3.88. The molecule has 0 amide bonds. The molecular formula is C14H8Cl2F2O. The molecule has 0 aliphatic heterocycles. The van der Waals surface area contributed by atoms with Crippen LogP contribution in [0.3, 0.4) is 0 Å². The van der Waals surface area contributed by atoms with Crippen molar-refractivity contribution in [3.05, 3.63) is 70.2 Å². The van der Waals surface area contributed by atoms with Gasteiger partial charge in [0, 0.05) is 0 Å². The van der Waals surface area contributed by atoms with E-state index in [0.717, 1.165) is 6.07 Å². The Morgan fingerprint density at radius 2 is 1.68 bits per heavy atom. The average Bonchev–Trinajstić information content (AvgIpc) is 2.38. The van der Waals surface area contributed by atoms with Gasteiger partial charge in [0.2, 0.25) is 0 Å². The van der Waals surface area contributed by atoms with Crippen LogP contribution in [0.5, 0.6) is 0 Å². The highest BCUT2D eigenvalue weighted by Crippen LogP contribution is 2.29. The summed E-state index contributed by atoms with van der Waals surface area (Å²) in [4.78, 5) is 12.1. The van der Waals surface area contributed by atoms with Crippen LogP contribution in [0, 0.1) is 11.6 Å². The quantitative estimate of drug-likeness (QED) is 0.589. The third-order valence-electron chi connectivity index (χ3n) is 2.60. The minimum absolute atomic E-state index is 0.00207. The van der Waals surface area contributed by atoms with Crippen LogP contribution < -0.4 is 0 Å². The first kappa shape index (κ1) is 14.0. The third-order valence-corrected chi connectivity index (χ3v) is 3.37. The van der Waals surface area contributed by atoms with Gasteiger partial charge in [-0.2, -0.15) is 0 Å². The van der Waals surface area contributed by atoms with E-state index < -0.39 is 22.8 Å². The summed E-state index contributed by atoms with van der Waals surface area (Å²) in [5, 5.41) is -1.12. The van der Waals surface area contributed by atoms with Crippen LogP contribution in [-0.4, -0.2) is 5.78 Å². The lowest BCUT2D eigenvalue weighted by Gasteiger charge is -2.11. The summed E-state index contributed by atoms with van der Waals surface area (Å²) < 4.78 is 26.4. The van der Waals surface area contributed by atoms with Crippen molar-refractivity contribution in [2.75, 3.05) is 0 Å². The first-order chi connectivity index (χ1) is 9.00. The Labute approximate surface area is 118 Å². The van der Waals surface area contributed by atoms with Crippen molar-refractivity contribution in [1.29, 1.82) is 0 Å². The van der Waals surface area contributed by atoms with Crippen molar-refractivity contribution in [1.82, 2.24) is 0 Å². The molecule has 0 fully saturated rings. The van der Waals surface area contributed by atoms with E-state index in [9.17, 15) is 13.6 Å². The lowest BCUT2D eigenvalue weighted by Crippen LogP contribution is -2.10. The molecule has 1 atom stereocenters. The highest BCUT2D eigenvalue weighted by Gasteiger charge is 2.24. The van der Waals surface area contributed by atoms with E-state index in [4.69, 9.17) is 23.2 Å². The van der Waals surface area contributed by atoms with Crippen LogP contribution in [-0.2, 0) is 0 Å². The van der Waals surface area contributed by atoms with Crippen molar-refractivity contribution in [3.63, 3.8) is 0 Å². The van der Waals surface area contributed by atoms with E-state index in [1.165, 1.54) is 36.4 Å². The second-order valence-corrected chi connectivity index (χ2v) is 4.72. The summed E-state index contributed by atoms with van der Waals surface area (Å²) in [6.45, 7) is 0. The van der Waals surface area contributed by atoms with Crippen LogP contribution in [0.15, 0.2) is 42.5 Å². The summed E-state index contributed by atoms with van der Waals surface area (Å²) in [6, 6.07) is 9.05. The number of benzene rings is 2. The fourth-order valence-electron chi connectivity index (χ4n) is 1.64. The van der Waals surface area contributed by atoms with Gasteiger partial charge in [-0.25, -0.2) is 8.78 Å². The van der Waals surface area contributed by atoms with Gasteiger partial charge in [-0.15, -0.1) is 11.6 Å². The van der Waals surface area contributed by atoms with Gasteiger partial charge in [-0.3, -0.25) is 4.79 Å².